The monoisotopic (exact) mass is 711 g/mol. The number of ether oxygens (including phenoxy) is 2. The van der Waals surface area contributed by atoms with Crippen molar-refractivity contribution in [3.63, 3.8) is 0 Å². The minimum absolute atomic E-state index is 0.0472. The van der Waals surface area contributed by atoms with Gasteiger partial charge in [0.25, 0.3) is 0 Å². The molecule has 0 spiro atoms. The number of carbonyl (C=O) groups excluding carboxylic acids is 2. The fraction of sp³-hybridized carbons (Fsp3) is 0.744. The van der Waals surface area contributed by atoms with Gasteiger partial charge in [-0.05, 0) is 70.6 Å². The van der Waals surface area contributed by atoms with Crippen molar-refractivity contribution in [1.29, 1.82) is 0 Å². The summed E-state index contributed by atoms with van der Waals surface area (Å²) < 4.78 is 32.6. The molecule has 9 nitrogen and oxygen atoms in total. The van der Waals surface area contributed by atoms with Gasteiger partial charge in [0.2, 0.25) is 0 Å². The lowest BCUT2D eigenvalue weighted by molar-refractivity contribution is -0.161. The van der Waals surface area contributed by atoms with E-state index in [1.54, 1.807) is 0 Å². The second-order valence-corrected chi connectivity index (χ2v) is 13.9. The number of esters is 2. The van der Waals surface area contributed by atoms with Crippen LogP contribution in [-0.2, 0) is 32.7 Å². The van der Waals surface area contributed by atoms with Crippen LogP contribution in [0, 0.1) is 0 Å². The maximum atomic E-state index is 12.5. The number of rotatable bonds is 35. The summed E-state index contributed by atoms with van der Waals surface area (Å²) in [6.07, 6.45) is 38.5. The van der Waals surface area contributed by atoms with Crippen LogP contribution in [0.3, 0.4) is 0 Å². The molecule has 0 aromatic heterocycles. The first kappa shape index (κ1) is 47.0. The van der Waals surface area contributed by atoms with E-state index in [1.165, 1.54) is 32.1 Å². The molecule has 0 heterocycles. The summed E-state index contributed by atoms with van der Waals surface area (Å²) in [6, 6.07) is 0. The standard InChI is InChI=1S/C39H70NO8P/c1-3-5-7-9-11-13-15-17-18-20-22-24-26-28-30-32-39(42)48-37(36-47-49(43,44)46-34-33-40)35-45-38(41)31-29-27-25-23-21-19-16-14-12-10-8-6-4-2/h8,10-11,13-14,16-18,37H,3-7,9,12,15,19-36,40H2,1-2H3,(H,43,44)/b10-8-,13-11-,16-14-,18-17-. The van der Waals surface area contributed by atoms with E-state index in [0.29, 0.717) is 12.8 Å². The normalized spacial score (nSPS) is 14.0. The molecular weight excluding hydrogens is 641 g/mol. The van der Waals surface area contributed by atoms with Gasteiger partial charge in [0, 0.05) is 19.4 Å². The van der Waals surface area contributed by atoms with Crippen LogP contribution in [-0.4, -0.2) is 49.3 Å². The van der Waals surface area contributed by atoms with Crippen LogP contribution in [0.25, 0.3) is 0 Å². The fourth-order valence-corrected chi connectivity index (χ4v) is 5.58. The Morgan fingerprint density at radius 1 is 0.612 bits per heavy atom. The maximum absolute atomic E-state index is 12.5. The van der Waals surface area contributed by atoms with E-state index in [2.05, 4.69) is 62.5 Å². The summed E-state index contributed by atoms with van der Waals surface area (Å²) >= 11 is 0. The Bertz CT molecular complexity index is 949. The highest BCUT2D eigenvalue weighted by molar-refractivity contribution is 7.47. The van der Waals surface area contributed by atoms with Crippen LogP contribution in [0.15, 0.2) is 48.6 Å². The van der Waals surface area contributed by atoms with Crippen LogP contribution in [0.5, 0.6) is 0 Å². The molecule has 10 heteroatoms. The lowest BCUT2D eigenvalue weighted by Crippen LogP contribution is -2.29. The highest BCUT2D eigenvalue weighted by Gasteiger charge is 2.25. The molecule has 3 N–H and O–H groups in total. The highest BCUT2D eigenvalue weighted by atomic mass is 31.2. The summed E-state index contributed by atoms with van der Waals surface area (Å²) in [7, 11) is -4.38. The van der Waals surface area contributed by atoms with E-state index in [-0.39, 0.29) is 32.6 Å². The third kappa shape index (κ3) is 35.6. The van der Waals surface area contributed by atoms with Gasteiger partial charge in [-0.15, -0.1) is 0 Å². The van der Waals surface area contributed by atoms with Crippen molar-refractivity contribution in [3.05, 3.63) is 48.6 Å². The Hall–Kier alpha value is -2.03. The van der Waals surface area contributed by atoms with E-state index >= 15 is 0 Å². The van der Waals surface area contributed by atoms with E-state index < -0.39 is 32.5 Å². The maximum Gasteiger partial charge on any atom is 0.472 e. The third-order valence-electron chi connectivity index (χ3n) is 7.67. The number of allylic oxidation sites excluding steroid dienone is 8. The van der Waals surface area contributed by atoms with Crippen LogP contribution in [0.4, 0.5) is 0 Å². The van der Waals surface area contributed by atoms with Gasteiger partial charge in [0.1, 0.15) is 6.61 Å². The molecule has 0 aliphatic rings. The molecular formula is C39H70NO8P. The molecule has 2 unspecified atom stereocenters. The van der Waals surface area contributed by atoms with E-state index in [0.717, 1.165) is 83.5 Å². The molecule has 0 radical (unpaired) electrons. The summed E-state index contributed by atoms with van der Waals surface area (Å²) in [5, 5.41) is 0. The molecule has 49 heavy (non-hydrogen) atoms. The van der Waals surface area contributed by atoms with Crippen molar-refractivity contribution < 1.29 is 37.6 Å². The Labute approximate surface area is 298 Å². The minimum Gasteiger partial charge on any atom is -0.462 e. The van der Waals surface area contributed by atoms with Gasteiger partial charge in [-0.1, -0.05) is 120 Å². The number of hydrogen-bond donors (Lipinski definition) is 2. The zero-order valence-electron chi connectivity index (χ0n) is 30.9. The quantitative estimate of drug-likeness (QED) is 0.0285. The van der Waals surface area contributed by atoms with Gasteiger partial charge >= 0.3 is 19.8 Å². The van der Waals surface area contributed by atoms with Crippen LogP contribution in [0.1, 0.15) is 155 Å². The summed E-state index contributed by atoms with van der Waals surface area (Å²) in [5.41, 5.74) is 5.33. The number of hydrogen-bond acceptors (Lipinski definition) is 8. The third-order valence-corrected chi connectivity index (χ3v) is 8.65. The average Bonchev–Trinajstić information content (AvgIpc) is 3.08. The summed E-state index contributed by atoms with van der Waals surface area (Å²) in [6.45, 7) is 3.58. The number of unbranched alkanes of at least 4 members (excludes halogenated alkanes) is 14. The molecule has 284 valence electrons. The number of nitrogens with two attached hydrogens (primary N) is 1. The Morgan fingerprint density at radius 3 is 1.63 bits per heavy atom. The van der Waals surface area contributed by atoms with E-state index in [1.807, 2.05) is 0 Å². The molecule has 0 aromatic carbocycles. The van der Waals surface area contributed by atoms with Crippen LogP contribution >= 0.6 is 7.82 Å². The van der Waals surface area contributed by atoms with Gasteiger partial charge in [0.15, 0.2) is 6.10 Å². The lowest BCUT2D eigenvalue weighted by Gasteiger charge is -2.19. The SMILES string of the molecule is CCC/C=C\C/C=C\CCCCCCCC(=O)OCC(COP(=O)(O)OCCN)OC(=O)CCCCCCC/C=C\C/C=C\CCCCC. The molecule has 0 bridgehead atoms. The summed E-state index contributed by atoms with van der Waals surface area (Å²) in [5.74, 6) is -0.867. The molecule has 0 aromatic rings. The first-order valence-corrected chi connectivity index (χ1v) is 20.6. The molecule has 0 fully saturated rings. The predicted molar refractivity (Wildman–Crippen MR) is 201 cm³/mol. The Morgan fingerprint density at radius 2 is 1.10 bits per heavy atom. The predicted octanol–water partition coefficient (Wildman–Crippen LogP) is 10.4. The highest BCUT2D eigenvalue weighted by Crippen LogP contribution is 2.43. The van der Waals surface area contributed by atoms with Gasteiger partial charge in [-0.2, -0.15) is 0 Å². The lowest BCUT2D eigenvalue weighted by atomic mass is 10.1. The van der Waals surface area contributed by atoms with E-state index in [9.17, 15) is 19.0 Å². The number of phosphoric ester groups is 1. The summed E-state index contributed by atoms with van der Waals surface area (Å²) in [4.78, 5) is 34.7. The number of phosphoric acid groups is 1. The number of carbonyl (C=O) groups is 2. The second kappa shape index (κ2) is 35.8. The van der Waals surface area contributed by atoms with E-state index in [4.69, 9.17) is 24.3 Å². The van der Waals surface area contributed by atoms with Gasteiger partial charge in [-0.3, -0.25) is 18.6 Å². The van der Waals surface area contributed by atoms with Crippen molar-refractivity contribution in [1.82, 2.24) is 0 Å². The van der Waals surface area contributed by atoms with Crippen molar-refractivity contribution in [2.24, 2.45) is 5.73 Å². The van der Waals surface area contributed by atoms with Crippen molar-refractivity contribution in [3.8, 4) is 0 Å². The molecule has 0 aliphatic heterocycles. The second-order valence-electron chi connectivity index (χ2n) is 12.4. The Balaban J connectivity index is 4.28. The molecule has 2 atom stereocenters. The molecule has 0 saturated heterocycles. The molecule has 0 aliphatic carbocycles. The van der Waals surface area contributed by atoms with Crippen molar-refractivity contribution in [2.45, 2.75) is 161 Å². The van der Waals surface area contributed by atoms with Crippen LogP contribution < -0.4 is 5.73 Å². The zero-order chi connectivity index (χ0) is 36.1. The topological polar surface area (TPSA) is 134 Å². The van der Waals surface area contributed by atoms with Gasteiger partial charge in [-0.25, -0.2) is 4.57 Å². The van der Waals surface area contributed by atoms with Gasteiger partial charge < -0.3 is 20.1 Å². The first-order valence-electron chi connectivity index (χ1n) is 19.1. The largest absolute Gasteiger partial charge is 0.472 e. The minimum atomic E-state index is -4.38. The first-order chi connectivity index (χ1) is 23.8. The molecule has 0 amide bonds. The van der Waals surface area contributed by atoms with Crippen molar-refractivity contribution >= 4 is 19.8 Å². The smallest absolute Gasteiger partial charge is 0.462 e. The van der Waals surface area contributed by atoms with Gasteiger partial charge in [0.05, 0.1) is 13.2 Å². The Kier molecular flexibility index (Phi) is 34.3. The molecule has 0 rings (SSSR count). The fourth-order valence-electron chi connectivity index (χ4n) is 4.82. The zero-order valence-corrected chi connectivity index (χ0v) is 31.8. The van der Waals surface area contributed by atoms with Crippen molar-refractivity contribution in [2.75, 3.05) is 26.4 Å². The average molecular weight is 712 g/mol. The molecule has 0 saturated carbocycles. The van der Waals surface area contributed by atoms with Crippen LogP contribution in [0.2, 0.25) is 0 Å².